The summed E-state index contributed by atoms with van der Waals surface area (Å²) in [5.74, 6) is 0.208. The molecule has 2 rings (SSSR count). The summed E-state index contributed by atoms with van der Waals surface area (Å²) in [6, 6.07) is 1.57. The maximum Gasteiger partial charge on any atom is 0.257 e. The van der Waals surface area contributed by atoms with Gasteiger partial charge in [0.2, 0.25) is 0 Å². The molecule has 1 aromatic rings. The summed E-state index contributed by atoms with van der Waals surface area (Å²) in [6.45, 7) is 4.85. The highest BCUT2D eigenvalue weighted by atomic mass is 19.1. The van der Waals surface area contributed by atoms with Crippen molar-refractivity contribution in [3.05, 3.63) is 23.6 Å². The lowest BCUT2D eigenvalue weighted by molar-refractivity contribution is 0.0722. The number of carbonyl (C=O) groups is 1. The molecular formula is C14H20FN3O. The number of nitrogens with one attached hydrogen (secondary N) is 1. The minimum absolute atomic E-state index is 0.132. The largest absolute Gasteiger partial charge is 0.372 e. The third-order valence-corrected chi connectivity index (χ3v) is 3.13. The number of pyridine rings is 1. The SMILES string of the molecule is CNc1ncc(F)cc1C(=O)N(CC(C)C)C1CC1. The van der Waals surface area contributed by atoms with E-state index in [0.717, 1.165) is 19.0 Å². The predicted molar refractivity (Wildman–Crippen MR) is 72.6 cm³/mol. The summed E-state index contributed by atoms with van der Waals surface area (Å²) in [4.78, 5) is 18.3. The molecule has 0 spiro atoms. The third-order valence-electron chi connectivity index (χ3n) is 3.13. The van der Waals surface area contributed by atoms with Gasteiger partial charge in [-0.05, 0) is 24.8 Å². The number of aromatic nitrogens is 1. The van der Waals surface area contributed by atoms with E-state index in [0.29, 0.717) is 29.9 Å². The van der Waals surface area contributed by atoms with Gasteiger partial charge in [0.25, 0.3) is 5.91 Å². The number of amides is 1. The van der Waals surface area contributed by atoms with Gasteiger partial charge in [-0.3, -0.25) is 4.79 Å². The highest BCUT2D eigenvalue weighted by Crippen LogP contribution is 2.30. The lowest BCUT2D eigenvalue weighted by Crippen LogP contribution is -2.36. The molecule has 1 heterocycles. The molecule has 1 fully saturated rings. The van der Waals surface area contributed by atoms with Gasteiger partial charge in [0.05, 0.1) is 11.8 Å². The van der Waals surface area contributed by atoms with E-state index < -0.39 is 5.82 Å². The molecule has 1 aliphatic carbocycles. The number of rotatable bonds is 5. The van der Waals surface area contributed by atoms with Crippen molar-refractivity contribution in [2.45, 2.75) is 32.7 Å². The Kier molecular flexibility index (Phi) is 4.02. The Morgan fingerprint density at radius 1 is 1.58 bits per heavy atom. The van der Waals surface area contributed by atoms with Crippen molar-refractivity contribution in [3.8, 4) is 0 Å². The lowest BCUT2D eigenvalue weighted by atomic mass is 10.1. The molecule has 19 heavy (non-hydrogen) atoms. The zero-order chi connectivity index (χ0) is 14.0. The molecule has 1 saturated carbocycles. The van der Waals surface area contributed by atoms with Crippen LogP contribution in [-0.2, 0) is 0 Å². The molecule has 0 bridgehead atoms. The Morgan fingerprint density at radius 2 is 2.26 bits per heavy atom. The van der Waals surface area contributed by atoms with Gasteiger partial charge in [0, 0.05) is 19.6 Å². The van der Waals surface area contributed by atoms with Gasteiger partial charge in [0.1, 0.15) is 11.6 Å². The monoisotopic (exact) mass is 265 g/mol. The first-order chi connectivity index (χ1) is 9.02. The van der Waals surface area contributed by atoms with E-state index in [1.54, 1.807) is 7.05 Å². The quantitative estimate of drug-likeness (QED) is 0.889. The topological polar surface area (TPSA) is 45.2 Å². The van der Waals surface area contributed by atoms with E-state index in [1.165, 1.54) is 6.07 Å². The van der Waals surface area contributed by atoms with Gasteiger partial charge in [-0.2, -0.15) is 0 Å². The fraction of sp³-hybridized carbons (Fsp3) is 0.571. The minimum Gasteiger partial charge on any atom is -0.372 e. The fourth-order valence-corrected chi connectivity index (χ4v) is 2.13. The second kappa shape index (κ2) is 5.55. The molecule has 1 N–H and O–H groups in total. The molecule has 5 heteroatoms. The molecule has 1 aromatic heterocycles. The average molecular weight is 265 g/mol. The highest BCUT2D eigenvalue weighted by molar-refractivity contribution is 5.99. The summed E-state index contributed by atoms with van der Waals surface area (Å²) in [5, 5.41) is 2.85. The van der Waals surface area contributed by atoms with E-state index in [2.05, 4.69) is 24.1 Å². The molecule has 104 valence electrons. The van der Waals surface area contributed by atoms with E-state index in [9.17, 15) is 9.18 Å². The van der Waals surface area contributed by atoms with Crippen LogP contribution in [-0.4, -0.2) is 35.4 Å². The second-order valence-electron chi connectivity index (χ2n) is 5.38. The molecule has 1 amide bonds. The number of nitrogens with zero attached hydrogens (tertiary/aromatic N) is 2. The molecule has 0 atom stereocenters. The Balaban J connectivity index is 2.28. The standard InChI is InChI=1S/C14H20FN3O/c1-9(2)8-18(11-4-5-11)14(19)12-6-10(15)7-17-13(12)16-3/h6-7,9,11H,4-5,8H2,1-3H3,(H,16,17). The van der Waals surface area contributed by atoms with E-state index in [-0.39, 0.29) is 5.91 Å². The lowest BCUT2D eigenvalue weighted by Gasteiger charge is -2.25. The van der Waals surface area contributed by atoms with Crippen molar-refractivity contribution >= 4 is 11.7 Å². The van der Waals surface area contributed by atoms with Crippen molar-refractivity contribution in [2.75, 3.05) is 18.9 Å². The molecule has 4 nitrogen and oxygen atoms in total. The van der Waals surface area contributed by atoms with Crippen LogP contribution in [0, 0.1) is 11.7 Å². The summed E-state index contributed by atoms with van der Waals surface area (Å²) in [5.41, 5.74) is 0.315. The number of anilines is 1. The Morgan fingerprint density at radius 3 is 2.79 bits per heavy atom. The van der Waals surface area contributed by atoms with Crippen molar-refractivity contribution in [1.29, 1.82) is 0 Å². The highest BCUT2D eigenvalue weighted by Gasteiger charge is 2.34. The van der Waals surface area contributed by atoms with Crippen molar-refractivity contribution < 1.29 is 9.18 Å². The second-order valence-corrected chi connectivity index (χ2v) is 5.38. The van der Waals surface area contributed by atoms with Crippen LogP contribution in [0.15, 0.2) is 12.3 Å². The Labute approximate surface area is 113 Å². The molecule has 0 radical (unpaired) electrons. The Hall–Kier alpha value is -1.65. The molecule has 0 aliphatic heterocycles. The van der Waals surface area contributed by atoms with Crippen molar-refractivity contribution in [3.63, 3.8) is 0 Å². The molecule has 0 saturated heterocycles. The van der Waals surface area contributed by atoms with Crippen LogP contribution in [0.1, 0.15) is 37.0 Å². The fourth-order valence-electron chi connectivity index (χ4n) is 2.13. The van der Waals surface area contributed by atoms with Crippen LogP contribution in [0.2, 0.25) is 0 Å². The van der Waals surface area contributed by atoms with Gasteiger partial charge >= 0.3 is 0 Å². The van der Waals surface area contributed by atoms with E-state index in [4.69, 9.17) is 0 Å². The summed E-state index contributed by atoms with van der Waals surface area (Å²) in [6.07, 6.45) is 3.19. The number of carbonyl (C=O) groups excluding carboxylic acids is 1. The normalized spacial score (nSPS) is 14.6. The molecule has 0 unspecified atom stereocenters. The van der Waals surface area contributed by atoms with Crippen LogP contribution >= 0.6 is 0 Å². The van der Waals surface area contributed by atoms with Crippen LogP contribution in [0.4, 0.5) is 10.2 Å². The van der Waals surface area contributed by atoms with Crippen molar-refractivity contribution in [1.82, 2.24) is 9.88 Å². The van der Waals surface area contributed by atoms with E-state index in [1.807, 2.05) is 4.90 Å². The summed E-state index contributed by atoms with van der Waals surface area (Å²) >= 11 is 0. The van der Waals surface area contributed by atoms with Crippen LogP contribution in [0.3, 0.4) is 0 Å². The molecular weight excluding hydrogens is 245 g/mol. The summed E-state index contributed by atoms with van der Waals surface area (Å²) in [7, 11) is 1.68. The Bertz CT molecular complexity index is 472. The predicted octanol–water partition coefficient (Wildman–Crippen LogP) is 2.52. The number of halogens is 1. The van der Waals surface area contributed by atoms with Crippen LogP contribution < -0.4 is 5.32 Å². The van der Waals surface area contributed by atoms with Gasteiger partial charge < -0.3 is 10.2 Å². The summed E-state index contributed by atoms with van der Waals surface area (Å²) < 4.78 is 13.3. The maximum absolute atomic E-state index is 13.3. The van der Waals surface area contributed by atoms with E-state index >= 15 is 0 Å². The zero-order valence-corrected chi connectivity index (χ0v) is 11.6. The van der Waals surface area contributed by atoms with Crippen LogP contribution in [0.5, 0.6) is 0 Å². The van der Waals surface area contributed by atoms with Gasteiger partial charge in [0.15, 0.2) is 0 Å². The average Bonchev–Trinajstić information content (AvgIpc) is 3.19. The molecule has 1 aliphatic rings. The maximum atomic E-state index is 13.3. The van der Waals surface area contributed by atoms with Gasteiger partial charge in [-0.25, -0.2) is 9.37 Å². The van der Waals surface area contributed by atoms with Crippen molar-refractivity contribution in [2.24, 2.45) is 5.92 Å². The van der Waals surface area contributed by atoms with Crippen LogP contribution in [0.25, 0.3) is 0 Å². The third kappa shape index (κ3) is 3.22. The van der Waals surface area contributed by atoms with Gasteiger partial charge in [-0.15, -0.1) is 0 Å². The number of hydrogen-bond acceptors (Lipinski definition) is 3. The number of hydrogen-bond donors (Lipinski definition) is 1. The first-order valence-electron chi connectivity index (χ1n) is 6.67. The smallest absolute Gasteiger partial charge is 0.257 e. The minimum atomic E-state index is -0.484. The first kappa shape index (κ1) is 13.8. The van der Waals surface area contributed by atoms with Gasteiger partial charge in [-0.1, -0.05) is 13.8 Å². The zero-order valence-electron chi connectivity index (χ0n) is 11.6. The first-order valence-corrected chi connectivity index (χ1v) is 6.67. The molecule has 0 aromatic carbocycles.